The van der Waals surface area contributed by atoms with Crippen molar-refractivity contribution in [2.45, 2.75) is 24.0 Å². The second kappa shape index (κ2) is 6.99. The maximum Gasteiger partial charge on any atom is 0.237 e. The van der Waals surface area contributed by atoms with Gasteiger partial charge in [-0.1, -0.05) is 25.1 Å². The number of hydrogen-bond acceptors (Lipinski definition) is 3. The number of ether oxygens (including phenoxy) is 1. The monoisotopic (exact) mass is 295 g/mol. The van der Waals surface area contributed by atoms with E-state index in [4.69, 9.17) is 4.74 Å². The Kier molecular flexibility index (Phi) is 5.31. The topological polar surface area (TPSA) is 46.1 Å². The Morgan fingerprint density at radius 1 is 1.40 bits per heavy atom. The molecule has 4 nitrogen and oxygen atoms in total. The summed E-state index contributed by atoms with van der Waals surface area (Å²) < 4.78 is 5.46. The Labute approximate surface area is 124 Å². The number of para-hydroxylation sites is 1. The van der Waals surface area contributed by atoms with Gasteiger partial charge in [0.25, 0.3) is 0 Å². The molecule has 2 rings (SSSR count). The molecule has 2 atom stereocenters. The molecule has 1 amide bonds. The first-order valence-electron chi connectivity index (χ1n) is 7.09. The highest BCUT2D eigenvalue weighted by molar-refractivity contribution is 8.01. The fraction of sp³-hybridized carbons (Fsp3) is 0.533. The number of hydrogen-bond donors (Lipinski definition) is 1. The van der Waals surface area contributed by atoms with Crippen molar-refractivity contribution in [3.63, 3.8) is 0 Å². The molecular formula is C15H23N2O2S+. The molecule has 1 fully saturated rings. The molecule has 5 heteroatoms. The van der Waals surface area contributed by atoms with E-state index in [0.717, 1.165) is 30.8 Å². The van der Waals surface area contributed by atoms with Gasteiger partial charge in [0.2, 0.25) is 5.91 Å². The quantitative estimate of drug-likeness (QED) is 0.859. The standard InChI is InChI=1S/C15H22N2O2S/c1-4-13-14(18)17(10-9-16-2)15(20-13)11-7-5-6-8-12(11)19-3/h5-8,13,15-16H,4,9-10H2,1-3H3/p+1/t13-,15+/m1/s1. The van der Waals surface area contributed by atoms with Gasteiger partial charge in [0, 0.05) is 5.56 Å². The number of thioether (sulfide) groups is 1. The molecular weight excluding hydrogens is 272 g/mol. The van der Waals surface area contributed by atoms with Gasteiger partial charge in [0.05, 0.1) is 32.5 Å². The minimum Gasteiger partial charge on any atom is -0.496 e. The van der Waals surface area contributed by atoms with Crippen LogP contribution in [0.4, 0.5) is 0 Å². The normalized spacial score (nSPS) is 22.4. The van der Waals surface area contributed by atoms with Crippen molar-refractivity contribution in [3.8, 4) is 5.75 Å². The summed E-state index contributed by atoms with van der Waals surface area (Å²) in [5, 5.41) is 2.25. The summed E-state index contributed by atoms with van der Waals surface area (Å²) in [5.41, 5.74) is 1.10. The van der Waals surface area contributed by atoms with Gasteiger partial charge in [-0.05, 0) is 12.5 Å². The van der Waals surface area contributed by atoms with E-state index in [9.17, 15) is 4.79 Å². The highest BCUT2D eigenvalue weighted by Crippen LogP contribution is 2.46. The Morgan fingerprint density at radius 2 is 2.15 bits per heavy atom. The van der Waals surface area contributed by atoms with Crippen LogP contribution in [0, 0.1) is 0 Å². The minimum absolute atomic E-state index is 0.0711. The van der Waals surface area contributed by atoms with Gasteiger partial charge in [-0.3, -0.25) is 4.79 Å². The van der Waals surface area contributed by atoms with Crippen molar-refractivity contribution >= 4 is 17.7 Å². The van der Waals surface area contributed by atoms with Gasteiger partial charge in [-0.25, -0.2) is 0 Å². The predicted octanol–water partition coefficient (Wildman–Crippen LogP) is 1.24. The Balaban J connectivity index is 2.29. The van der Waals surface area contributed by atoms with Crippen LogP contribution in [-0.4, -0.2) is 43.3 Å². The second-order valence-corrected chi connectivity index (χ2v) is 6.14. The minimum atomic E-state index is 0.0711. The van der Waals surface area contributed by atoms with Gasteiger partial charge in [0.1, 0.15) is 11.1 Å². The Hall–Kier alpha value is -1.20. The van der Waals surface area contributed by atoms with Gasteiger partial charge in [0.15, 0.2) is 0 Å². The third kappa shape index (κ3) is 2.94. The molecule has 2 N–H and O–H groups in total. The molecule has 0 aliphatic carbocycles. The maximum atomic E-state index is 12.5. The van der Waals surface area contributed by atoms with Gasteiger partial charge >= 0.3 is 0 Å². The van der Waals surface area contributed by atoms with Crippen molar-refractivity contribution < 1.29 is 14.8 Å². The fourth-order valence-electron chi connectivity index (χ4n) is 2.47. The van der Waals surface area contributed by atoms with Crippen LogP contribution in [0.2, 0.25) is 0 Å². The van der Waals surface area contributed by atoms with E-state index in [-0.39, 0.29) is 16.5 Å². The molecule has 1 aliphatic heterocycles. The van der Waals surface area contributed by atoms with Crippen molar-refractivity contribution in [2.24, 2.45) is 0 Å². The number of amides is 1. The summed E-state index contributed by atoms with van der Waals surface area (Å²) in [7, 11) is 3.71. The van der Waals surface area contributed by atoms with Gasteiger partial charge in [-0.15, -0.1) is 11.8 Å². The fourth-order valence-corrected chi connectivity index (χ4v) is 3.92. The SMILES string of the molecule is CC[C@H]1S[C@@H](c2ccccc2OC)N(CC[NH2+]C)C1=O. The molecule has 1 heterocycles. The van der Waals surface area contributed by atoms with Crippen LogP contribution in [0.25, 0.3) is 0 Å². The van der Waals surface area contributed by atoms with Crippen LogP contribution < -0.4 is 10.1 Å². The lowest BCUT2D eigenvalue weighted by Crippen LogP contribution is -2.81. The molecule has 20 heavy (non-hydrogen) atoms. The number of methoxy groups -OCH3 is 1. The van der Waals surface area contributed by atoms with Crippen LogP contribution in [0.5, 0.6) is 5.75 Å². The van der Waals surface area contributed by atoms with E-state index in [1.807, 2.05) is 30.1 Å². The van der Waals surface area contributed by atoms with Crippen LogP contribution in [0.3, 0.4) is 0 Å². The van der Waals surface area contributed by atoms with Crippen LogP contribution in [0.15, 0.2) is 24.3 Å². The average Bonchev–Trinajstić information content (AvgIpc) is 2.81. The third-order valence-corrected chi connectivity index (χ3v) is 5.20. The first-order chi connectivity index (χ1) is 9.72. The molecule has 1 aromatic carbocycles. The summed E-state index contributed by atoms with van der Waals surface area (Å²) in [5.74, 6) is 1.12. The molecule has 0 spiro atoms. The summed E-state index contributed by atoms with van der Waals surface area (Å²) in [6.07, 6.45) is 0.876. The lowest BCUT2D eigenvalue weighted by Gasteiger charge is -2.24. The lowest BCUT2D eigenvalue weighted by molar-refractivity contribution is -0.626. The van der Waals surface area contributed by atoms with Gasteiger partial charge in [-0.2, -0.15) is 0 Å². The highest BCUT2D eigenvalue weighted by atomic mass is 32.2. The average molecular weight is 295 g/mol. The van der Waals surface area contributed by atoms with Crippen molar-refractivity contribution in [2.75, 3.05) is 27.2 Å². The third-order valence-electron chi connectivity index (χ3n) is 3.57. The molecule has 0 unspecified atom stereocenters. The number of rotatable bonds is 6. The summed E-state index contributed by atoms with van der Waals surface area (Å²) in [4.78, 5) is 14.5. The van der Waals surface area contributed by atoms with Gasteiger partial charge < -0.3 is 15.0 Å². The molecule has 0 radical (unpaired) electrons. The van der Waals surface area contributed by atoms with Crippen molar-refractivity contribution in [3.05, 3.63) is 29.8 Å². The molecule has 1 aliphatic rings. The van der Waals surface area contributed by atoms with Crippen molar-refractivity contribution in [1.29, 1.82) is 0 Å². The number of likely N-dealkylation sites (N-methyl/N-ethyl adjacent to an activating group) is 1. The molecule has 0 aromatic heterocycles. The number of quaternary nitrogens is 1. The van der Waals surface area contributed by atoms with E-state index in [1.54, 1.807) is 18.9 Å². The van der Waals surface area contributed by atoms with Crippen LogP contribution >= 0.6 is 11.8 Å². The number of nitrogens with zero attached hydrogens (tertiary/aromatic N) is 1. The number of benzene rings is 1. The number of carbonyl (C=O) groups is 1. The van der Waals surface area contributed by atoms with E-state index < -0.39 is 0 Å². The number of carbonyl (C=O) groups excluding carboxylic acids is 1. The van der Waals surface area contributed by atoms with Crippen LogP contribution in [0.1, 0.15) is 24.3 Å². The number of nitrogens with two attached hydrogens (primary N) is 1. The lowest BCUT2D eigenvalue weighted by atomic mass is 10.1. The zero-order chi connectivity index (χ0) is 14.5. The Bertz CT molecular complexity index is 467. The summed E-state index contributed by atoms with van der Waals surface area (Å²) >= 11 is 1.74. The van der Waals surface area contributed by atoms with E-state index in [2.05, 4.69) is 18.3 Å². The Morgan fingerprint density at radius 3 is 2.80 bits per heavy atom. The van der Waals surface area contributed by atoms with Crippen LogP contribution in [-0.2, 0) is 4.79 Å². The zero-order valence-corrected chi connectivity index (χ0v) is 13.2. The van der Waals surface area contributed by atoms with E-state index >= 15 is 0 Å². The zero-order valence-electron chi connectivity index (χ0n) is 12.3. The van der Waals surface area contributed by atoms with E-state index in [1.165, 1.54) is 0 Å². The molecule has 1 saturated heterocycles. The van der Waals surface area contributed by atoms with Crippen molar-refractivity contribution in [1.82, 2.24) is 4.90 Å². The highest BCUT2D eigenvalue weighted by Gasteiger charge is 2.40. The molecule has 0 saturated carbocycles. The first-order valence-corrected chi connectivity index (χ1v) is 8.03. The first kappa shape index (κ1) is 15.2. The second-order valence-electron chi connectivity index (χ2n) is 4.86. The molecule has 110 valence electrons. The summed E-state index contributed by atoms with van der Waals surface area (Å²) in [6.45, 7) is 3.78. The predicted molar refractivity (Wildman–Crippen MR) is 81.8 cm³/mol. The molecule has 0 bridgehead atoms. The molecule has 1 aromatic rings. The maximum absolute atomic E-state index is 12.5. The smallest absolute Gasteiger partial charge is 0.237 e. The van der Waals surface area contributed by atoms with E-state index in [0.29, 0.717) is 0 Å². The summed E-state index contributed by atoms with van der Waals surface area (Å²) in [6, 6.07) is 7.99. The largest absolute Gasteiger partial charge is 0.496 e.